The predicted molar refractivity (Wildman–Crippen MR) is 87.2 cm³/mol. The molecule has 2 aliphatic heterocycles. The number of hydrogen-bond donors (Lipinski definition) is 2. The van der Waals surface area contributed by atoms with E-state index in [-0.39, 0.29) is 17.6 Å². The third-order valence-electron chi connectivity index (χ3n) is 4.51. The molecule has 0 aliphatic carbocycles. The number of benzene rings is 2. The van der Waals surface area contributed by atoms with E-state index in [2.05, 4.69) is 5.32 Å². The van der Waals surface area contributed by atoms with Gasteiger partial charge in [0.1, 0.15) is 0 Å². The molecule has 0 spiro atoms. The quantitative estimate of drug-likeness (QED) is 0.808. The van der Waals surface area contributed by atoms with E-state index in [9.17, 15) is 8.42 Å². The monoisotopic (exact) mass is 347 g/mol. The Balaban J connectivity index is 1.76. The van der Waals surface area contributed by atoms with Gasteiger partial charge in [0.05, 0.1) is 4.90 Å². The average molecular weight is 347 g/mol. The Morgan fingerprint density at radius 1 is 1.08 bits per heavy atom. The van der Waals surface area contributed by atoms with Gasteiger partial charge in [0.25, 0.3) is 10.1 Å². The Hall–Kier alpha value is -2.09. The van der Waals surface area contributed by atoms with Crippen molar-refractivity contribution in [1.82, 2.24) is 5.32 Å². The predicted octanol–water partition coefficient (Wildman–Crippen LogP) is 1.94. The van der Waals surface area contributed by atoms with Crippen LogP contribution in [0.1, 0.15) is 22.6 Å². The molecule has 1 atom stereocenters. The molecule has 2 aromatic carbocycles. The molecule has 0 bridgehead atoms. The second-order valence-corrected chi connectivity index (χ2v) is 7.38. The lowest BCUT2D eigenvalue weighted by Gasteiger charge is -2.19. The topological polar surface area (TPSA) is 84.9 Å². The molecule has 126 valence electrons. The summed E-state index contributed by atoms with van der Waals surface area (Å²) < 4.78 is 42.5. The first-order chi connectivity index (χ1) is 11.5. The van der Waals surface area contributed by atoms with Crippen molar-refractivity contribution in [2.24, 2.45) is 0 Å². The number of rotatable bonds is 2. The molecule has 2 aliphatic rings. The molecule has 6 nitrogen and oxygen atoms in total. The highest BCUT2D eigenvalue weighted by Crippen LogP contribution is 2.39. The summed E-state index contributed by atoms with van der Waals surface area (Å²) in [4.78, 5) is -0.0984. The Bertz CT molecular complexity index is 877. The highest BCUT2D eigenvalue weighted by molar-refractivity contribution is 7.85. The summed E-state index contributed by atoms with van der Waals surface area (Å²) >= 11 is 0. The van der Waals surface area contributed by atoms with Crippen LogP contribution in [0, 0.1) is 0 Å². The molecule has 0 radical (unpaired) electrons. The van der Waals surface area contributed by atoms with Crippen molar-refractivity contribution in [3.8, 4) is 11.5 Å². The maximum absolute atomic E-state index is 11.2. The first-order valence-corrected chi connectivity index (χ1v) is 9.17. The van der Waals surface area contributed by atoms with Crippen LogP contribution in [0.15, 0.2) is 41.3 Å². The molecule has 2 heterocycles. The van der Waals surface area contributed by atoms with Crippen molar-refractivity contribution >= 4 is 10.1 Å². The van der Waals surface area contributed by atoms with Gasteiger partial charge >= 0.3 is 0 Å². The zero-order valence-corrected chi connectivity index (χ0v) is 13.7. The first-order valence-electron chi connectivity index (χ1n) is 7.73. The number of nitrogens with one attached hydrogen (secondary N) is 1. The molecule has 2 aromatic rings. The van der Waals surface area contributed by atoms with Crippen LogP contribution in [0.25, 0.3) is 0 Å². The fourth-order valence-corrected chi connectivity index (χ4v) is 3.77. The van der Waals surface area contributed by atoms with Crippen LogP contribution >= 0.6 is 0 Å². The van der Waals surface area contributed by atoms with Crippen molar-refractivity contribution in [3.63, 3.8) is 0 Å². The summed E-state index contributed by atoms with van der Waals surface area (Å²) in [5, 5.41) is 3.41. The lowest BCUT2D eigenvalue weighted by atomic mass is 9.88. The van der Waals surface area contributed by atoms with Gasteiger partial charge in [-0.2, -0.15) is 8.42 Å². The largest absolute Gasteiger partial charge is 0.454 e. The Morgan fingerprint density at radius 3 is 2.50 bits per heavy atom. The second-order valence-electron chi connectivity index (χ2n) is 5.96. The van der Waals surface area contributed by atoms with E-state index < -0.39 is 10.1 Å². The molecule has 2 N–H and O–H groups in total. The van der Waals surface area contributed by atoms with E-state index in [4.69, 9.17) is 14.0 Å². The van der Waals surface area contributed by atoms with Crippen molar-refractivity contribution < 1.29 is 22.4 Å². The standard InChI is InChI=1S/C17H17NO5S/c19-24(20,21)13-3-1-11(2-4-13)15-9-18-6-5-12-7-16-17(8-14(12)15)23-10-22-16/h1-4,7-8,15,18H,5-6,9-10H2,(H,19,20,21). The zero-order valence-electron chi connectivity index (χ0n) is 12.9. The highest BCUT2D eigenvalue weighted by atomic mass is 32.2. The number of ether oxygens (including phenoxy) is 2. The van der Waals surface area contributed by atoms with Crippen molar-refractivity contribution in [1.29, 1.82) is 0 Å². The van der Waals surface area contributed by atoms with E-state index in [1.165, 1.54) is 17.7 Å². The molecule has 1 unspecified atom stereocenters. The Kier molecular flexibility index (Phi) is 3.71. The molecule has 0 saturated heterocycles. The third-order valence-corrected chi connectivity index (χ3v) is 5.38. The minimum atomic E-state index is -4.18. The minimum Gasteiger partial charge on any atom is -0.454 e. The highest BCUT2D eigenvalue weighted by Gasteiger charge is 2.25. The van der Waals surface area contributed by atoms with E-state index in [0.29, 0.717) is 0 Å². The van der Waals surface area contributed by atoms with Gasteiger partial charge in [-0.1, -0.05) is 12.1 Å². The van der Waals surface area contributed by atoms with Crippen LogP contribution in [0.4, 0.5) is 0 Å². The van der Waals surface area contributed by atoms with E-state index in [1.54, 1.807) is 12.1 Å². The van der Waals surface area contributed by atoms with Gasteiger partial charge in [0.15, 0.2) is 11.5 Å². The van der Waals surface area contributed by atoms with E-state index >= 15 is 0 Å². The molecule has 0 aromatic heterocycles. The minimum absolute atomic E-state index is 0.0763. The lowest BCUT2D eigenvalue weighted by Crippen LogP contribution is -2.20. The number of hydrogen-bond acceptors (Lipinski definition) is 5. The summed E-state index contributed by atoms with van der Waals surface area (Å²) in [6.45, 7) is 1.86. The smallest absolute Gasteiger partial charge is 0.294 e. The van der Waals surface area contributed by atoms with Gasteiger partial charge in [-0.15, -0.1) is 0 Å². The fraction of sp³-hybridized carbons (Fsp3) is 0.294. The van der Waals surface area contributed by atoms with Gasteiger partial charge in [-0.05, 0) is 53.9 Å². The molecule has 24 heavy (non-hydrogen) atoms. The average Bonchev–Trinajstić information content (AvgIpc) is 2.91. The number of fused-ring (bicyclic) bond motifs is 2. The summed E-state index contributed by atoms with van der Waals surface area (Å²) in [6, 6.07) is 10.4. The van der Waals surface area contributed by atoms with Gasteiger partial charge in [-0.3, -0.25) is 4.55 Å². The maximum Gasteiger partial charge on any atom is 0.294 e. The molecule has 0 amide bonds. The maximum atomic E-state index is 11.2. The summed E-state index contributed by atoms with van der Waals surface area (Å²) in [7, 11) is -4.18. The van der Waals surface area contributed by atoms with Crippen molar-refractivity contribution in [3.05, 3.63) is 53.1 Å². The Morgan fingerprint density at radius 2 is 1.79 bits per heavy atom. The van der Waals surface area contributed by atoms with E-state index in [0.717, 1.165) is 42.1 Å². The summed E-state index contributed by atoms with van der Waals surface area (Å²) in [5.74, 6) is 1.60. The second kappa shape index (κ2) is 5.77. The van der Waals surface area contributed by atoms with Crippen molar-refractivity contribution in [2.75, 3.05) is 19.9 Å². The molecular formula is C17H17NO5S. The van der Waals surface area contributed by atoms with Crippen LogP contribution < -0.4 is 14.8 Å². The van der Waals surface area contributed by atoms with Gasteiger partial charge in [0.2, 0.25) is 6.79 Å². The lowest BCUT2D eigenvalue weighted by molar-refractivity contribution is 0.174. The molecular weight excluding hydrogens is 330 g/mol. The van der Waals surface area contributed by atoms with E-state index in [1.807, 2.05) is 12.1 Å². The van der Waals surface area contributed by atoms with Crippen LogP contribution in [-0.4, -0.2) is 32.9 Å². The Labute approximate surface area is 140 Å². The molecule has 0 fully saturated rings. The third kappa shape index (κ3) is 2.75. The summed E-state index contributed by atoms with van der Waals surface area (Å²) in [5.41, 5.74) is 3.34. The van der Waals surface area contributed by atoms with Gasteiger partial charge in [-0.25, -0.2) is 0 Å². The zero-order chi connectivity index (χ0) is 16.7. The molecule has 7 heteroatoms. The van der Waals surface area contributed by atoms with Crippen LogP contribution in [0.2, 0.25) is 0 Å². The van der Waals surface area contributed by atoms with Crippen molar-refractivity contribution in [2.45, 2.75) is 17.2 Å². The molecule has 4 rings (SSSR count). The van der Waals surface area contributed by atoms with Crippen LogP contribution in [0.5, 0.6) is 11.5 Å². The SMILES string of the molecule is O=S(=O)(O)c1ccc(C2CNCCc3cc4c(cc32)OCO4)cc1. The van der Waals surface area contributed by atoms with Crippen LogP contribution in [-0.2, 0) is 16.5 Å². The van der Waals surface area contributed by atoms with Gasteiger partial charge in [0, 0.05) is 12.5 Å². The van der Waals surface area contributed by atoms with Crippen LogP contribution in [0.3, 0.4) is 0 Å². The normalized spacial score (nSPS) is 19.6. The fourth-order valence-electron chi connectivity index (χ4n) is 3.29. The first kappa shape index (κ1) is 15.4. The van der Waals surface area contributed by atoms with Gasteiger partial charge < -0.3 is 14.8 Å². The molecule has 0 saturated carbocycles. The summed E-state index contributed by atoms with van der Waals surface area (Å²) in [6.07, 6.45) is 0.894.